The molecule has 138 valence electrons. The lowest BCUT2D eigenvalue weighted by atomic mass is 10.1. The highest BCUT2D eigenvalue weighted by Gasteiger charge is 2.37. The van der Waals surface area contributed by atoms with Gasteiger partial charge in [0.05, 0.1) is 24.8 Å². The summed E-state index contributed by atoms with van der Waals surface area (Å²) in [6.07, 6.45) is -5.57. The Morgan fingerprint density at radius 3 is 2.50 bits per heavy atom. The molecule has 9 heteroatoms. The number of ether oxygens (including phenoxy) is 3. The second-order valence-corrected chi connectivity index (χ2v) is 5.79. The minimum atomic E-state index is -4.60. The van der Waals surface area contributed by atoms with Crippen LogP contribution in [0.2, 0.25) is 5.02 Å². The number of esters is 1. The fourth-order valence-electron chi connectivity index (χ4n) is 2.69. The first-order valence-electron chi connectivity index (χ1n) is 7.35. The van der Waals surface area contributed by atoms with Crippen LogP contribution in [0.4, 0.5) is 18.9 Å². The van der Waals surface area contributed by atoms with Crippen molar-refractivity contribution in [2.45, 2.75) is 12.4 Å². The number of hydrogen-bond donors (Lipinski definition) is 1. The molecule has 0 saturated carbocycles. The molecule has 0 aromatic heterocycles. The van der Waals surface area contributed by atoms with Crippen LogP contribution in [0.15, 0.2) is 30.3 Å². The summed E-state index contributed by atoms with van der Waals surface area (Å²) in [5.74, 6) is -0.126. The SMILES string of the molecule is COc1ccc2c(c1OC)C(=O)OC2Nc1ccc(Cl)c(C(F)(F)F)c1. The van der Waals surface area contributed by atoms with Crippen molar-refractivity contribution >= 4 is 23.3 Å². The van der Waals surface area contributed by atoms with Crippen molar-refractivity contribution in [1.82, 2.24) is 0 Å². The third kappa shape index (κ3) is 3.12. The Labute approximate surface area is 151 Å². The lowest BCUT2D eigenvalue weighted by molar-refractivity contribution is -0.137. The summed E-state index contributed by atoms with van der Waals surface area (Å²) >= 11 is 5.61. The number of alkyl halides is 3. The molecule has 1 heterocycles. The Bertz CT molecular complexity index is 870. The van der Waals surface area contributed by atoms with E-state index < -0.39 is 29.0 Å². The predicted molar refractivity (Wildman–Crippen MR) is 87.8 cm³/mol. The number of anilines is 1. The monoisotopic (exact) mass is 387 g/mol. The summed E-state index contributed by atoms with van der Waals surface area (Å²) in [5, 5.41) is 2.34. The molecule has 0 saturated heterocycles. The predicted octanol–water partition coefficient (Wildman–Crippen LogP) is 4.66. The molecule has 0 radical (unpaired) electrons. The average Bonchev–Trinajstić information content (AvgIpc) is 2.90. The van der Waals surface area contributed by atoms with E-state index in [9.17, 15) is 18.0 Å². The number of methoxy groups -OCH3 is 2. The Morgan fingerprint density at radius 2 is 1.88 bits per heavy atom. The third-order valence-corrected chi connectivity index (χ3v) is 4.19. The van der Waals surface area contributed by atoms with Crippen molar-refractivity contribution < 1.29 is 32.2 Å². The van der Waals surface area contributed by atoms with Gasteiger partial charge in [-0.15, -0.1) is 0 Å². The quantitative estimate of drug-likeness (QED) is 0.773. The second kappa shape index (κ2) is 6.60. The van der Waals surface area contributed by atoms with Gasteiger partial charge >= 0.3 is 12.1 Å². The number of hydrogen-bond acceptors (Lipinski definition) is 5. The van der Waals surface area contributed by atoms with Gasteiger partial charge in [-0.3, -0.25) is 0 Å². The molecular formula is C17H13ClF3NO4. The van der Waals surface area contributed by atoms with Crippen LogP contribution >= 0.6 is 11.6 Å². The highest BCUT2D eigenvalue weighted by molar-refractivity contribution is 6.31. The van der Waals surface area contributed by atoms with Gasteiger partial charge in [-0.1, -0.05) is 11.6 Å². The van der Waals surface area contributed by atoms with Gasteiger partial charge in [-0.2, -0.15) is 13.2 Å². The van der Waals surface area contributed by atoms with Crippen molar-refractivity contribution in [2.24, 2.45) is 0 Å². The van der Waals surface area contributed by atoms with Crippen LogP contribution in [0.1, 0.15) is 27.7 Å². The van der Waals surface area contributed by atoms with Crippen molar-refractivity contribution in [1.29, 1.82) is 0 Å². The highest BCUT2D eigenvalue weighted by atomic mass is 35.5. The molecule has 2 aromatic carbocycles. The summed E-state index contributed by atoms with van der Waals surface area (Å²) in [6, 6.07) is 6.51. The number of nitrogens with one attached hydrogen (secondary N) is 1. The number of carbonyl (C=O) groups is 1. The Kier molecular flexibility index (Phi) is 4.62. The lowest BCUT2D eigenvalue weighted by Gasteiger charge is -2.17. The number of fused-ring (bicyclic) bond motifs is 1. The van der Waals surface area contributed by atoms with Gasteiger partial charge in [0.25, 0.3) is 0 Å². The molecule has 2 aromatic rings. The Balaban J connectivity index is 1.97. The summed E-state index contributed by atoms with van der Waals surface area (Å²) < 4.78 is 54.6. The number of halogens is 4. The summed E-state index contributed by atoms with van der Waals surface area (Å²) in [7, 11) is 2.80. The van der Waals surface area contributed by atoms with E-state index in [4.69, 9.17) is 25.8 Å². The van der Waals surface area contributed by atoms with Gasteiger partial charge in [0.1, 0.15) is 5.56 Å². The van der Waals surface area contributed by atoms with E-state index in [1.54, 1.807) is 12.1 Å². The van der Waals surface area contributed by atoms with Crippen LogP contribution in [-0.2, 0) is 10.9 Å². The molecule has 0 bridgehead atoms. The molecule has 0 aliphatic carbocycles. The smallest absolute Gasteiger partial charge is 0.417 e. The third-order valence-electron chi connectivity index (χ3n) is 3.86. The van der Waals surface area contributed by atoms with E-state index in [1.165, 1.54) is 20.3 Å². The average molecular weight is 388 g/mol. The number of cyclic esters (lactones) is 1. The fraction of sp³-hybridized carbons (Fsp3) is 0.235. The van der Waals surface area contributed by atoms with Gasteiger partial charge in [0.2, 0.25) is 6.23 Å². The van der Waals surface area contributed by atoms with Crippen LogP contribution < -0.4 is 14.8 Å². The van der Waals surface area contributed by atoms with Crippen molar-refractivity contribution in [3.8, 4) is 11.5 Å². The number of rotatable bonds is 4. The maximum atomic E-state index is 13.0. The van der Waals surface area contributed by atoms with Gasteiger partial charge < -0.3 is 19.5 Å². The number of carbonyl (C=O) groups excluding carboxylic acids is 1. The summed E-state index contributed by atoms with van der Waals surface area (Å²) in [5.41, 5.74) is -0.297. The molecule has 0 fully saturated rings. The fourth-order valence-corrected chi connectivity index (χ4v) is 2.92. The highest BCUT2D eigenvalue weighted by Crippen LogP contribution is 2.43. The molecule has 1 N–H and O–H groups in total. The lowest BCUT2D eigenvalue weighted by Crippen LogP contribution is -2.12. The molecule has 1 atom stereocenters. The second-order valence-electron chi connectivity index (χ2n) is 5.39. The van der Waals surface area contributed by atoms with Gasteiger partial charge in [-0.25, -0.2) is 4.79 Å². The van der Waals surface area contributed by atoms with Crippen molar-refractivity contribution in [3.05, 3.63) is 52.0 Å². The van der Waals surface area contributed by atoms with E-state index in [0.717, 1.165) is 12.1 Å². The van der Waals surface area contributed by atoms with E-state index in [-0.39, 0.29) is 17.0 Å². The summed E-state index contributed by atoms with van der Waals surface area (Å²) in [4.78, 5) is 12.2. The summed E-state index contributed by atoms with van der Waals surface area (Å²) in [6.45, 7) is 0. The van der Waals surface area contributed by atoms with Gasteiger partial charge in [0.15, 0.2) is 11.5 Å². The molecular weight excluding hydrogens is 375 g/mol. The minimum absolute atomic E-state index is 0.0992. The van der Waals surface area contributed by atoms with Crippen LogP contribution in [0.3, 0.4) is 0 Å². The zero-order valence-corrected chi connectivity index (χ0v) is 14.4. The first-order chi connectivity index (χ1) is 12.3. The zero-order chi connectivity index (χ0) is 19.1. The molecule has 26 heavy (non-hydrogen) atoms. The van der Waals surface area contributed by atoms with Crippen molar-refractivity contribution in [2.75, 3.05) is 19.5 Å². The van der Waals surface area contributed by atoms with E-state index in [0.29, 0.717) is 11.3 Å². The minimum Gasteiger partial charge on any atom is -0.493 e. The van der Waals surface area contributed by atoms with Gasteiger partial charge in [-0.05, 0) is 30.3 Å². The first kappa shape index (κ1) is 18.2. The molecule has 0 amide bonds. The molecule has 3 rings (SSSR count). The van der Waals surface area contributed by atoms with Crippen LogP contribution in [0.25, 0.3) is 0 Å². The molecule has 1 aliphatic heterocycles. The van der Waals surface area contributed by atoms with Crippen LogP contribution in [0.5, 0.6) is 11.5 Å². The largest absolute Gasteiger partial charge is 0.493 e. The van der Waals surface area contributed by atoms with Gasteiger partial charge in [0, 0.05) is 11.3 Å². The molecule has 1 aliphatic rings. The standard InChI is InChI=1S/C17H13ClF3NO4/c1-24-12-6-4-9-13(14(12)25-2)16(23)26-15(9)22-8-3-5-11(18)10(7-8)17(19,20)21/h3-7,15,22H,1-2H3. The number of benzene rings is 2. The van der Waals surface area contributed by atoms with Crippen molar-refractivity contribution in [3.63, 3.8) is 0 Å². The molecule has 1 unspecified atom stereocenters. The van der Waals surface area contributed by atoms with E-state index in [2.05, 4.69) is 5.32 Å². The first-order valence-corrected chi connectivity index (χ1v) is 7.73. The zero-order valence-electron chi connectivity index (χ0n) is 13.6. The van der Waals surface area contributed by atoms with E-state index >= 15 is 0 Å². The van der Waals surface area contributed by atoms with E-state index in [1.807, 2.05) is 0 Å². The Hall–Kier alpha value is -2.61. The molecule has 5 nitrogen and oxygen atoms in total. The van der Waals surface area contributed by atoms with Crippen LogP contribution in [-0.4, -0.2) is 20.2 Å². The normalized spacial score (nSPS) is 16.1. The Morgan fingerprint density at radius 1 is 1.15 bits per heavy atom. The molecule has 0 spiro atoms. The maximum Gasteiger partial charge on any atom is 0.417 e. The maximum absolute atomic E-state index is 13.0. The van der Waals surface area contributed by atoms with Crippen LogP contribution in [0, 0.1) is 0 Å². The topological polar surface area (TPSA) is 56.8 Å².